The fourth-order valence-corrected chi connectivity index (χ4v) is 9.02. The van der Waals surface area contributed by atoms with Crippen LogP contribution in [0.1, 0.15) is 68.2 Å². The summed E-state index contributed by atoms with van der Waals surface area (Å²) in [5.74, 6) is 0.721. The molecule has 4 aromatic rings. The van der Waals surface area contributed by atoms with E-state index in [2.05, 4.69) is 80.7 Å². The van der Waals surface area contributed by atoms with Crippen molar-refractivity contribution < 1.29 is 42.2 Å². The third kappa shape index (κ3) is 13.1. The number of aromatic amines is 1. The number of hydrogen-bond donors (Lipinski definition) is 1. The van der Waals surface area contributed by atoms with Crippen LogP contribution < -0.4 is 16.0 Å². The largest absolute Gasteiger partial charge is 0.497 e. The van der Waals surface area contributed by atoms with Crippen molar-refractivity contribution in [3.8, 4) is 5.75 Å². The molecule has 0 spiro atoms. The summed E-state index contributed by atoms with van der Waals surface area (Å²) >= 11 is 0. The molecule has 0 aliphatic carbocycles. The lowest BCUT2D eigenvalue weighted by atomic mass is 9.79. The summed E-state index contributed by atoms with van der Waals surface area (Å²) < 4.78 is 58.8. The molecule has 0 saturated carbocycles. The second-order valence-corrected chi connectivity index (χ2v) is 16.8. The molecule has 0 radical (unpaired) electrons. The normalized spacial score (nSPS) is 18.2. The SMILES string of the molecule is COCCOCCOCCOCCOP(OC1CC(n2cc(C)c(=O)[nH]c2=O)OC1COC(c1ccccc1)(c1ccc(C)cc1)c1ccc(OC)cc1)N(C(C)C)C(C)C. The Hall–Kier alpha value is -3.79. The van der Waals surface area contributed by atoms with Gasteiger partial charge in [0.2, 0.25) is 0 Å². The lowest BCUT2D eigenvalue weighted by molar-refractivity contribution is -0.0927. The summed E-state index contributed by atoms with van der Waals surface area (Å²) in [5.41, 5.74) is 2.14. The molecule has 0 bridgehead atoms. The van der Waals surface area contributed by atoms with E-state index in [4.69, 9.17) is 42.2 Å². The third-order valence-electron chi connectivity index (χ3n) is 10.3. The Morgan fingerprint density at radius 3 is 1.90 bits per heavy atom. The Morgan fingerprint density at radius 1 is 0.770 bits per heavy atom. The van der Waals surface area contributed by atoms with E-state index in [1.54, 1.807) is 21.1 Å². The molecule has 1 aliphatic heterocycles. The van der Waals surface area contributed by atoms with Crippen LogP contribution in [0.25, 0.3) is 0 Å². The molecular formula is C46H64N3O11P. The molecule has 3 aromatic carbocycles. The van der Waals surface area contributed by atoms with Crippen LogP contribution in [-0.2, 0) is 43.1 Å². The molecule has 5 unspecified atom stereocenters. The number of aryl methyl sites for hydroxylation is 2. The predicted molar refractivity (Wildman–Crippen MR) is 235 cm³/mol. The Balaban J connectivity index is 1.43. The van der Waals surface area contributed by atoms with E-state index in [0.29, 0.717) is 58.2 Å². The van der Waals surface area contributed by atoms with Crippen LogP contribution >= 0.6 is 8.53 Å². The number of hydrogen-bond acceptors (Lipinski definition) is 12. The zero-order valence-electron chi connectivity index (χ0n) is 36.9. The van der Waals surface area contributed by atoms with Gasteiger partial charge in [0.05, 0.1) is 72.7 Å². The number of methoxy groups -OCH3 is 2. The number of nitrogens with one attached hydrogen (secondary N) is 1. The van der Waals surface area contributed by atoms with Crippen molar-refractivity contribution in [2.75, 3.05) is 73.7 Å². The molecule has 15 heteroatoms. The van der Waals surface area contributed by atoms with Gasteiger partial charge in [-0.15, -0.1) is 0 Å². The van der Waals surface area contributed by atoms with Crippen LogP contribution in [-0.4, -0.2) is 112 Å². The topological polar surface area (TPSA) is 141 Å². The maximum atomic E-state index is 13.3. The Labute approximate surface area is 361 Å². The van der Waals surface area contributed by atoms with E-state index in [-0.39, 0.29) is 25.3 Å². The Bertz CT molecular complexity index is 1990. The van der Waals surface area contributed by atoms with Crippen molar-refractivity contribution in [3.05, 3.63) is 134 Å². The standard InChI is InChI=1S/C46H64N3O11P/c1-33(2)49(34(3)4)61(58-29-28-56-27-26-55-25-24-54-23-22-52-7)60-41-30-43(48-31-36(6)44(50)47-45(48)51)59-42(41)32-57-46(37-12-10-9-11-13-37,38-16-14-35(5)15-17-38)39-18-20-40(53-8)21-19-39/h9-21,31,33-34,41-43H,22-30,32H2,1-8H3,(H,47,50,51). The smallest absolute Gasteiger partial charge is 0.330 e. The van der Waals surface area contributed by atoms with Crippen molar-refractivity contribution in [2.24, 2.45) is 0 Å². The first-order valence-electron chi connectivity index (χ1n) is 21.0. The molecule has 61 heavy (non-hydrogen) atoms. The number of rotatable bonds is 26. The van der Waals surface area contributed by atoms with Crippen molar-refractivity contribution in [1.29, 1.82) is 0 Å². The van der Waals surface area contributed by atoms with Crippen molar-refractivity contribution >= 4 is 8.53 Å². The minimum atomic E-state index is -1.66. The highest BCUT2D eigenvalue weighted by molar-refractivity contribution is 7.44. The van der Waals surface area contributed by atoms with Crippen LogP contribution in [0.4, 0.5) is 0 Å². The fraction of sp³-hybridized carbons (Fsp3) is 0.522. The number of H-pyrrole nitrogens is 1. The maximum absolute atomic E-state index is 13.3. The quantitative estimate of drug-likeness (QED) is 0.0399. The second kappa shape index (κ2) is 24.2. The molecule has 1 saturated heterocycles. The van der Waals surface area contributed by atoms with Gasteiger partial charge in [0.15, 0.2) is 0 Å². The van der Waals surface area contributed by atoms with Gasteiger partial charge in [-0.3, -0.25) is 14.3 Å². The maximum Gasteiger partial charge on any atom is 0.330 e. The van der Waals surface area contributed by atoms with Crippen LogP contribution in [0.15, 0.2) is 94.6 Å². The first-order valence-corrected chi connectivity index (χ1v) is 22.1. The van der Waals surface area contributed by atoms with Gasteiger partial charge in [0, 0.05) is 37.4 Å². The highest BCUT2D eigenvalue weighted by atomic mass is 31.2. The average Bonchev–Trinajstić information content (AvgIpc) is 3.65. The highest BCUT2D eigenvalue weighted by Crippen LogP contribution is 2.50. The summed E-state index contributed by atoms with van der Waals surface area (Å²) in [6.07, 6.45) is -0.186. The fourth-order valence-electron chi connectivity index (χ4n) is 7.28. The van der Waals surface area contributed by atoms with Gasteiger partial charge in [-0.25, -0.2) is 9.46 Å². The number of nitrogens with zero attached hydrogens (tertiary/aromatic N) is 2. The monoisotopic (exact) mass is 865 g/mol. The lowest BCUT2D eigenvalue weighted by Gasteiger charge is -2.39. The molecule has 334 valence electrons. The summed E-state index contributed by atoms with van der Waals surface area (Å²) in [6.45, 7) is 15.7. The second-order valence-electron chi connectivity index (χ2n) is 15.4. The highest BCUT2D eigenvalue weighted by Gasteiger charge is 2.45. The molecule has 1 aliphatic rings. The molecule has 0 amide bonds. The van der Waals surface area contributed by atoms with E-state index < -0.39 is 43.8 Å². The van der Waals surface area contributed by atoms with Crippen molar-refractivity contribution in [3.63, 3.8) is 0 Å². The van der Waals surface area contributed by atoms with Gasteiger partial charge in [-0.05, 0) is 70.4 Å². The van der Waals surface area contributed by atoms with Gasteiger partial charge >= 0.3 is 5.69 Å². The van der Waals surface area contributed by atoms with E-state index in [1.807, 2.05) is 42.5 Å². The summed E-state index contributed by atoms with van der Waals surface area (Å²) in [7, 11) is 1.62. The van der Waals surface area contributed by atoms with E-state index in [1.165, 1.54) is 10.8 Å². The van der Waals surface area contributed by atoms with Crippen LogP contribution in [0.5, 0.6) is 5.75 Å². The Kier molecular flexibility index (Phi) is 19.1. The average molecular weight is 866 g/mol. The summed E-state index contributed by atoms with van der Waals surface area (Å²) in [5, 5.41) is 0. The number of ether oxygens (including phenoxy) is 7. The molecule has 1 aromatic heterocycles. The molecule has 2 heterocycles. The number of aromatic nitrogens is 2. The minimum Gasteiger partial charge on any atom is -0.497 e. The lowest BCUT2D eigenvalue weighted by Crippen LogP contribution is -2.40. The predicted octanol–water partition coefficient (Wildman–Crippen LogP) is 6.90. The first kappa shape index (κ1) is 48.2. The minimum absolute atomic E-state index is 0.0696. The van der Waals surface area contributed by atoms with Gasteiger partial charge in [0.25, 0.3) is 14.1 Å². The summed E-state index contributed by atoms with van der Waals surface area (Å²) in [4.78, 5) is 28.1. The van der Waals surface area contributed by atoms with Gasteiger partial charge in [0.1, 0.15) is 23.7 Å². The van der Waals surface area contributed by atoms with E-state index in [0.717, 1.165) is 28.0 Å². The van der Waals surface area contributed by atoms with Crippen molar-refractivity contribution in [1.82, 2.24) is 14.2 Å². The molecule has 5 atom stereocenters. The third-order valence-corrected chi connectivity index (χ3v) is 12.5. The molecule has 1 N–H and O–H groups in total. The van der Waals surface area contributed by atoms with Gasteiger partial charge in [-0.2, -0.15) is 0 Å². The molecule has 14 nitrogen and oxygen atoms in total. The molecule has 5 rings (SSSR count). The van der Waals surface area contributed by atoms with Crippen LogP contribution in [0.3, 0.4) is 0 Å². The van der Waals surface area contributed by atoms with Crippen molar-refractivity contribution in [2.45, 2.75) is 84.1 Å². The first-order chi connectivity index (χ1) is 29.5. The van der Waals surface area contributed by atoms with E-state index in [9.17, 15) is 9.59 Å². The number of benzene rings is 3. The van der Waals surface area contributed by atoms with Gasteiger partial charge in [-0.1, -0.05) is 72.3 Å². The zero-order valence-corrected chi connectivity index (χ0v) is 37.8. The summed E-state index contributed by atoms with van der Waals surface area (Å²) in [6, 6.07) is 26.5. The van der Waals surface area contributed by atoms with E-state index >= 15 is 0 Å². The van der Waals surface area contributed by atoms with Crippen LogP contribution in [0.2, 0.25) is 0 Å². The Morgan fingerprint density at radius 2 is 1.33 bits per heavy atom. The molecular weight excluding hydrogens is 801 g/mol. The molecule has 1 fully saturated rings. The zero-order chi connectivity index (χ0) is 43.8. The van der Waals surface area contributed by atoms with Gasteiger partial charge < -0.3 is 42.2 Å². The van der Waals surface area contributed by atoms with Crippen LogP contribution in [0, 0.1) is 13.8 Å².